The van der Waals surface area contributed by atoms with Crippen LogP contribution in [0.25, 0.3) is 0 Å². The van der Waals surface area contributed by atoms with Gasteiger partial charge in [0.15, 0.2) is 4.34 Å². The molecule has 0 aliphatic rings. The van der Waals surface area contributed by atoms with Crippen LogP contribution in [0.1, 0.15) is 19.4 Å². The second-order valence-electron chi connectivity index (χ2n) is 4.57. The number of nitrogens with zero attached hydrogens (tertiary/aromatic N) is 2. The molecule has 22 heavy (non-hydrogen) atoms. The van der Waals surface area contributed by atoms with Crippen LogP contribution in [0.2, 0.25) is 5.02 Å². The summed E-state index contributed by atoms with van der Waals surface area (Å²) in [6.45, 7) is 6.51. The SMILES string of the molecule is CCNc1nnc(SC(C)C(=O)Nc2cccc(Cl)c2C)s1. The van der Waals surface area contributed by atoms with Gasteiger partial charge in [-0.2, -0.15) is 0 Å². The molecule has 0 saturated heterocycles. The summed E-state index contributed by atoms with van der Waals surface area (Å²) in [4.78, 5) is 12.3. The quantitative estimate of drug-likeness (QED) is 0.764. The van der Waals surface area contributed by atoms with Crippen LogP contribution in [0.5, 0.6) is 0 Å². The van der Waals surface area contributed by atoms with Gasteiger partial charge < -0.3 is 10.6 Å². The zero-order valence-corrected chi connectivity index (χ0v) is 14.9. The highest BCUT2D eigenvalue weighted by Crippen LogP contribution is 2.30. The summed E-state index contributed by atoms with van der Waals surface area (Å²) in [6, 6.07) is 5.45. The van der Waals surface area contributed by atoms with Crippen molar-refractivity contribution in [2.45, 2.75) is 30.4 Å². The highest BCUT2D eigenvalue weighted by Gasteiger charge is 2.18. The third-order valence-corrected chi connectivity index (χ3v) is 5.38. The van der Waals surface area contributed by atoms with Crippen molar-refractivity contribution in [1.82, 2.24) is 10.2 Å². The minimum Gasteiger partial charge on any atom is -0.360 e. The molecule has 2 aromatic rings. The normalized spacial score (nSPS) is 12.0. The maximum absolute atomic E-state index is 12.3. The van der Waals surface area contributed by atoms with E-state index in [9.17, 15) is 4.79 Å². The predicted octanol–water partition coefficient (Wildman–Crippen LogP) is 4.05. The summed E-state index contributed by atoms with van der Waals surface area (Å²) in [7, 11) is 0. The molecule has 1 aromatic carbocycles. The Morgan fingerprint density at radius 1 is 1.45 bits per heavy atom. The molecule has 0 spiro atoms. The Morgan fingerprint density at radius 2 is 2.23 bits per heavy atom. The Hall–Kier alpha value is -1.31. The van der Waals surface area contributed by atoms with Crippen LogP contribution in [0.15, 0.2) is 22.5 Å². The van der Waals surface area contributed by atoms with Crippen molar-refractivity contribution < 1.29 is 4.79 Å². The zero-order chi connectivity index (χ0) is 16.1. The fourth-order valence-electron chi connectivity index (χ4n) is 1.66. The number of benzene rings is 1. The number of hydrogen-bond donors (Lipinski definition) is 2. The van der Waals surface area contributed by atoms with Crippen LogP contribution < -0.4 is 10.6 Å². The van der Waals surface area contributed by atoms with Crippen LogP contribution in [-0.2, 0) is 4.79 Å². The van der Waals surface area contributed by atoms with E-state index in [1.165, 1.54) is 23.1 Å². The lowest BCUT2D eigenvalue weighted by Gasteiger charge is -2.12. The molecule has 0 fully saturated rings. The van der Waals surface area contributed by atoms with Gasteiger partial charge in [0.25, 0.3) is 0 Å². The molecule has 118 valence electrons. The molecular formula is C14H17ClN4OS2. The monoisotopic (exact) mass is 356 g/mol. The first kappa shape index (κ1) is 17.1. The summed E-state index contributed by atoms with van der Waals surface area (Å²) in [5.41, 5.74) is 1.59. The van der Waals surface area contributed by atoms with Gasteiger partial charge in [-0.3, -0.25) is 4.79 Å². The minimum absolute atomic E-state index is 0.0874. The van der Waals surface area contributed by atoms with Crippen LogP contribution >= 0.6 is 34.7 Å². The van der Waals surface area contributed by atoms with Crippen molar-refractivity contribution in [1.29, 1.82) is 0 Å². The molecule has 8 heteroatoms. The van der Waals surface area contributed by atoms with Crippen molar-refractivity contribution in [3.8, 4) is 0 Å². The van der Waals surface area contributed by atoms with Gasteiger partial charge in [0.2, 0.25) is 11.0 Å². The van der Waals surface area contributed by atoms with E-state index < -0.39 is 0 Å². The third kappa shape index (κ3) is 4.34. The van der Waals surface area contributed by atoms with Crippen molar-refractivity contribution >= 4 is 51.4 Å². The molecule has 5 nitrogen and oxygen atoms in total. The summed E-state index contributed by atoms with van der Waals surface area (Å²) >= 11 is 8.89. The predicted molar refractivity (Wildman–Crippen MR) is 94.2 cm³/mol. The number of aromatic nitrogens is 2. The van der Waals surface area contributed by atoms with Gasteiger partial charge >= 0.3 is 0 Å². The molecule has 0 aliphatic heterocycles. The lowest BCUT2D eigenvalue weighted by molar-refractivity contribution is -0.115. The Balaban J connectivity index is 1.98. The summed E-state index contributed by atoms with van der Waals surface area (Å²) in [6.07, 6.45) is 0. The van der Waals surface area contributed by atoms with Gasteiger partial charge in [-0.1, -0.05) is 40.8 Å². The molecule has 0 aliphatic carbocycles. The molecule has 2 N–H and O–H groups in total. The largest absolute Gasteiger partial charge is 0.360 e. The van der Waals surface area contributed by atoms with Crippen molar-refractivity contribution in [3.05, 3.63) is 28.8 Å². The first-order valence-corrected chi connectivity index (χ1v) is 8.88. The molecule has 1 heterocycles. The smallest absolute Gasteiger partial charge is 0.237 e. The van der Waals surface area contributed by atoms with Gasteiger partial charge in [0, 0.05) is 17.3 Å². The van der Waals surface area contributed by atoms with Crippen molar-refractivity contribution in [2.75, 3.05) is 17.2 Å². The van der Waals surface area contributed by atoms with E-state index in [4.69, 9.17) is 11.6 Å². The third-order valence-electron chi connectivity index (χ3n) is 2.91. The van der Waals surface area contributed by atoms with E-state index in [-0.39, 0.29) is 11.2 Å². The Bertz CT molecular complexity index is 662. The first-order chi connectivity index (χ1) is 10.5. The van der Waals surface area contributed by atoms with Gasteiger partial charge in [0.1, 0.15) is 0 Å². The van der Waals surface area contributed by atoms with Crippen LogP contribution in [0.4, 0.5) is 10.8 Å². The number of amides is 1. The van der Waals surface area contributed by atoms with Gasteiger partial charge in [-0.05, 0) is 38.5 Å². The average molecular weight is 357 g/mol. The van der Waals surface area contributed by atoms with E-state index in [1.54, 1.807) is 6.07 Å². The van der Waals surface area contributed by atoms with E-state index >= 15 is 0 Å². The second kappa shape index (κ2) is 7.80. The van der Waals surface area contributed by atoms with Crippen molar-refractivity contribution in [2.24, 2.45) is 0 Å². The number of thioether (sulfide) groups is 1. The molecule has 1 aromatic heterocycles. The maximum Gasteiger partial charge on any atom is 0.237 e. The minimum atomic E-state index is -0.277. The highest BCUT2D eigenvalue weighted by atomic mass is 35.5. The number of carbonyl (C=O) groups excluding carboxylic acids is 1. The molecule has 0 radical (unpaired) electrons. The lowest BCUT2D eigenvalue weighted by Crippen LogP contribution is -2.22. The van der Waals surface area contributed by atoms with Crippen LogP contribution in [0.3, 0.4) is 0 Å². The molecule has 0 bridgehead atoms. The van der Waals surface area contributed by atoms with E-state index in [0.29, 0.717) is 5.02 Å². The average Bonchev–Trinajstić information content (AvgIpc) is 2.91. The fraction of sp³-hybridized carbons (Fsp3) is 0.357. The van der Waals surface area contributed by atoms with E-state index in [0.717, 1.165) is 27.3 Å². The molecule has 1 atom stereocenters. The second-order valence-corrected chi connectivity index (χ2v) is 7.54. The number of carbonyl (C=O) groups is 1. The number of nitrogens with one attached hydrogen (secondary N) is 2. The topological polar surface area (TPSA) is 66.9 Å². The molecule has 1 amide bonds. The summed E-state index contributed by atoms with van der Waals surface area (Å²) in [5.74, 6) is -0.0874. The van der Waals surface area contributed by atoms with Crippen LogP contribution in [-0.4, -0.2) is 27.9 Å². The zero-order valence-electron chi connectivity index (χ0n) is 12.5. The summed E-state index contributed by atoms with van der Waals surface area (Å²) in [5, 5.41) is 15.2. The lowest BCUT2D eigenvalue weighted by atomic mass is 10.2. The van der Waals surface area contributed by atoms with Gasteiger partial charge in [-0.25, -0.2) is 0 Å². The number of halogens is 1. The van der Waals surface area contributed by atoms with Gasteiger partial charge in [-0.15, -0.1) is 10.2 Å². The Kier molecular flexibility index (Phi) is 6.05. The number of anilines is 2. The van der Waals surface area contributed by atoms with E-state index in [2.05, 4.69) is 20.8 Å². The molecular weight excluding hydrogens is 340 g/mol. The van der Waals surface area contributed by atoms with E-state index in [1.807, 2.05) is 32.9 Å². The number of rotatable bonds is 6. The fourth-order valence-corrected chi connectivity index (χ4v) is 3.80. The number of hydrogen-bond acceptors (Lipinski definition) is 6. The summed E-state index contributed by atoms with van der Waals surface area (Å²) < 4.78 is 0.765. The maximum atomic E-state index is 12.3. The van der Waals surface area contributed by atoms with Crippen molar-refractivity contribution in [3.63, 3.8) is 0 Å². The standard InChI is InChI=1S/C14H17ClN4OS2/c1-4-16-13-18-19-14(22-13)21-9(3)12(20)17-11-7-5-6-10(15)8(11)2/h5-7,9H,4H2,1-3H3,(H,16,18)(H,17,20). The highest BCUT2D eigenvalue weighted by molar-refractivity contribution is 8.02. The Morgan fingerprint density at radius 3 is 2.95 bits per heavy atom. The molecule has 2 rings (SSSR count). The molecule has 0 saturated carbocycles. The molecule has 1 unspecified atom stereocenters. The Labute approximate surface area is 142 Å². The first-order valence-electron chi connectivity index (χ1n) is 6.81. The van der Waals surface area contributed by atoms with Gasteiger partial charge in [0.05, 0.1) is 5.25 Å². The van der Waals surface area contributed by atoms with Crippen LogP contribution in [0, 0.1) is 6.92 Å².